The molecule has 4 aromatic rings. The number of sulfonamides is 1. The van der Waals surface area contributed by atoms with Crippen LogP contribution in [0.3, 0.4) is 0 Å². The predicted molar refractivity (Wildman–Crippen MR) is 167 cm³/mol. The van der Waals surface area contributed by atoms with Gasteiger partial charge in [-0.15, -0.1) is 11.3 Å². The third-order valence-electron chi connectivity index (χ3n) is 7.64. The molecule has 0 saturated carbocycles. The smallest absolute Gasteiger partial charge is 0.251 e. The van der Waals surface area contributed by atoms with Gasteiger partial charge in [0.15, 0.2) is 5.65 Å². The molecule has 42 heavy (non-hydrogen) atoms. The topological polar surface area (TPSA) is 125 Å². The zero-order valence-corrected chi connectivity index (χ0v) is 26.2. The number of likely N-dealkylation sites (N-methyl/N-ethyl adjacent to an activating group) is 1. The van der Waals surface area contributed by atoms with Gasteiger partial charge in [-0.1, -0.05) is 19.9 Å². The van der Waals surface area contributed by atoms with Gasteiger partial charge in [0.05, 0.1) is 39.3 Å². The minimum absolute atomic E-state index is 0.189. The number of thiophene rings is 1. The van der Waals surface area contributed by atoms with E-state index in [-0.39, 0.29) is 18.0 Å². The highest BCUT2D eigenvalue weighted by molar-refractivity contribution is 7.90. The summed E-state index contributed by atoms with van der Waals surface area (Å²) in [6.07, 6.45) is 3.58. The van der Waals surface area contributed by atoms with Crippen LogP contribution < -0.4 is 14.9 Å². The minimum Gasteiger partial charge on any atom is -0.353 e. The third kappa shape index (κ3) is 6.33. The maximum Gasteiger partial charge on any atom is 0.251 e. The van der Waals surface area contributed by atoms with Crippen molar-refractivity contribution in [2.24, 2.45) is 0 Å². The molecule has 1 aliphatic heterocycles. The second-order valence-corrected chi connectivity index (χ2v) is 14.0. The molecule has 1 atom stereocenters. The van der Waals surface area contributed by atoms with Crippen LogP contribution in [0.15, 0.2) is 48.1 Å². The Labute approximate surface area is 251 Å². The Hall–Kier alpha value is -3.39. The lowest BCUT2D eigenvalue weighted by atomic mass is 10.1. The van der Waals surface area contributed by atoms with E-state index < -0.39 is 15.3 Å². The van der Waals surface area contributed by atoms with Crippen molar-refractivity contribution >= 4 is 38.7 Å². The van der Waals surface area contributed by atoms with Gasteiger partial charge >= 0.3 is 0 Å². The molecule has 0 spiro atoms. The quantitative estimate of drug-likeness (QED) is 0.250. The third-order valence-corrected chi connectivity index (χ3v) is 10.4. The first-order valence-corrected chi connectivity index (χ1v) is 16.7. The normalized spacial score (nSPS) is 15.0. The number of rotatable bonds is 12. The number of carbonyl (C=O) groups is 1. The number of hydrogen-bond donors (Lipinski definition) is 2. The van der Waals surface area contributed by atoms with E-state index in [1.807, 2.05) is 34.7 Å². The van der Waals surface area contributed by atoms with Crippen LogP contribution in [0.1, 0.15) is 45.0 Å². The second-order valence-electron chi connectivity index (χ2n) is 10.8. The molecule has 0 bridgehead atoms. The summed E-state index contributed by atoms with van der Waals surface area (Å²) in [4.78, 5) is 28.5. The van der Waals surface area contributed by atoms with Crippen molar-refractivity contribution in [1.82, 2.24) is 34.5 Å². The minimum atomic E-state index is -3.39. The number of nitrogens with zero attached hydrogens (tertiary/aromatic N) is 6. The number of fused-ring (bicyclic) bond motifs is 1. The SMILES string of the molecule is CCN(CC)[C@@H](C)CNC(=O)c1cc(-c2cnn3ccc(-c4cccs4)nc23)nc(N2CC(NS(=O)(=O)C(C)C)C2)c1. The Balaban J connectivity index is 1.46. The summed E-state index contributed by atoms with van der Waals surface area (Å²) in [5.41, 5.74) is 3.23. The molecule has 1 saturated heterocycles. The van der Waals surface area contributed by atoms with E-state index in [0.29, 0.717) is 47.9 Å². The van der Waals surface area contributed by atoms with Gasteiger partial charge in [0.25, 0.3) is 5.91 Å². The molecule has 13 heteroatoms. The van der Waals surface area contributed by atoms with Gasteiger partial charge in [-0.3, -0.25) is 9.69 Å². The maximum atomic E-state index is 13.4. The average molecular weight is 611 g/mol. The average Bonchev–Trinajstić information content (AvgIpc) is 3.64. The van der Waals surface area contributed by atoms with Crippen molar-refractivity contribution in [1.29, 1.82) is 0 Å². The lowest BCUT2D eigenvalue weighted by molar-refractivity contribution is 0.0938. The van der Waals surface area contributed by atoms with Crippen molar-refractivity contribution < 1.29 is 13.2 Å². The first-order chi connectivity index (χ1) is 20.1. The van der Waals surface area contributed by atoms with E-state index in [2.05, 4.69) is 40.8 Å². The molecule has 1 amide bonds. The molecule has 1 fully saturated rings. The number of aromatic nitrogens is 4. The van der Waals surface area contributed by atoms with Crippen LogP contribution in [-0.2, 0) is 10.0 Å². The Morgan fingerprint density at radius 2 is 1.88 bits per heavy atom. The van der Waals surface area contributed by atoms with Crippen molar-refractivity contribution in [3.63, 3.8) is 0 Å². The van der Waals surface area contributed by atoms with Gasteiger partial charge < -0.3 is 10.2 Å². The Morgan fingerprint density at radius 3 is 2.55 bits per heavy atom. The molecule has 2 N–H and O–H groups in total. The predicted octanol–water partition coefficient (Wildman–Crippen LogP) is 3.50. The fraction of sp³-hybridized carbons (Fsp3) is 0.448. The van der Waals surface area contributed by atoms with Crippen LogP contribution in [-0.4, -0.2) is 88.9 Å². The Morgan fingerprint density at radius 1 is 1.12 bits per heavy atom. The zero-order valence-electron chi connectivity index (χ0n) is 24.6. The van der Waals surface area contributed by atoms with Gasteiger partial charge in [-0.05, 0) is 63.5 Å². The molecular weight excluding hydrogens is 573 g/mol. The summed E-state index contributed by atoms with van der Waals surface area (Å²) in [5, 5.41) is 9.08. The molecule has 4 aromatic heterocycles. The number of pyridine rings is 1. The molecule has 0 unspecified atom stereocenters. The van der Waals surface area contributed by atoms with E-state index in [1.165, 1.54) is 0 Å². The Kier molecular flexibility index (Phi) is 8.92. The highest BCUT2D eigenvalue weighted by Gasteiger charge is 2.33. The fourth-order valence-electron chi connectivity index (χ4n) is 4.99. The molecule has 0 aliphatic carbocycles. The van der Waals surface area contributed by atoms with Crippen LogP contribution in [0.25, 0.3) is 27.5 Å². The largest absolute Gasteiger partial charge is 0.353 e. The number of hydrogen-bond acceptors (Lipinski definition) is 9. The van der Waals surface area contributed by atoms with Crippen LogP contribution in [0.4, 0.5) is 5.82 Å². The van der Waals surface area contributed by atoms with Crippen LogP contribution in [0.5, 0.6) is 0 Å². The van der Waals surface area contributed by atoms with Gasteiger partial charge in [0, 0.05) is 37.4 Å². The lowest BCUT2D eigenvalue weighted by Gasteiger charge is -2.40. The summed E-state index contributed by atoms with van der Waals surface area (Å²) in [6.45, 7) is 12.9. The highest BCUT2D eigenvalue weighted by atomic mass is 32.2. The van der Waals surface area contributed by atoms with Gasteiger partial charge in [-0.2, -0.15) is 5.10 Å². The zero-order chi connectivity index (χ0) is 30.0. The number of nitrogens with one attached hydrogen (secondary N) is 2. The van der Waals surface area contributed by atoms with Gasteiger partial charge in [0.2, 0.25) is 10.0 Å². The second kappa shape index (κ2) is 12.5. The molecule has 0 aromatic carbocycles. The van der Waals surface area contributed by atoms with Gasteiger partial charge in [0.1, 0.15) is 5.82 Å². The maximum absolute atomic E-state index is 13.4. The number of amides is 1. The summed E-state index contributed by atoms with van der Waals surface area (Å²) in [5.74, 6) is 0.406. The van der Waals surface area contributed by atoms with Crippen LogP contribution >= 0.6 is 11.3 Å². The summed E-state index contributed by atoms with van der Waals surface area (Å²) in [7, 11) is -3.39. The number of anilines is 1. The summed E-state index contributed by atoms with van der Waals surface area (Å²) >= 11 is 1.61. The summed E-state index contributed by atoms with van der Waals surface area (Å²) in [6, 6.07) is 9.44. The first kappa shape index (κ1) is 30.1. The fourth-order valence-corrected chi connectivity index (χ4v) is 6.57. The van der Waals surface area contributed by atoms with E-state index in [4.69, 9.17) is 9.97 Å². The monoisotopic (exact) mass is 610 g/mol. The van der Waals surface area contributed by atoms with Crippen LogP contribution in [0.2, 0.25) is 0 Å². The van der Waals surface area contributed by atoms with Crippen molar-refractivity contribution in [2.75, 3.05) is 37.6 Å². The van der Waals surface area contributed by atoms with Gasteiger partial charge in [-0.25, -0.2) is 27.6 Å². The molecule has 0 radical (unpaired) electrons. The summed E-state index contributed by atoms with van der Waals surface area (Å²) < 4.78 is 29.2. The number of carbonyl (C=O) groups excluding carboxylic acids is 1. The van der Waals surface area contributed by atoms with E-state index in [1.54, 1.807) is 48.0 Å². The van der Waals surface area contributed by atoms with E-state index in [0.717, 1.165) is 23.7 Å². The molecule has 5 heterocycles. The van der Waals surface area contributed by atoms with Crippen molar-refractivity contribution in [3.05, 3.63) is 53.7 Å². The van der Waals surface area contributed by atoms with Crippen molar-refractivity contribution in [2.45, 2.75) is 52.0 Å². The molecule has 5 rings (SSSR count). The molecular formula is C29H38N8O3S2. The molecule has 11 nitrogen and oxygen atoms in total. The molecule has 224 valence electrons. The van der Waals surface area contributed by atoms with E-state index in [9.17, 15) is 13.2 Å². The standard InChI is InChI=1S/C29H38N8O3S2/c1-6-35(7-2)20(5)15-30-29(38)21-13-25(32-27(14-21)36-17-22(18-36)34-42(39,40)19(3)4)23-16-31-37-11-10-24(33-28(23)37)26-9-8-12-41-26/h8-14,16,19-20,22,34H,6-7,15,17-18H2,1-5H3,(H,30,38)/t20-/m0/s1. The van der Waals surface area contributed by atoms with E-state index >= 15 is 0 Å². The highest BCUT2D eigenvalue weighted by Crippen LogP contribution is 2.30. The lowest BCUT2D eigenvalue weighted by Crippen LogP contribution is -2.60. The van der Waals surface area contributed by atoms with Crippen LogP contribution in [0, 0.1) is 0 Å². The first-order valence-electron chi connectivity index (χ1n) is 14.3. The molecule has 1 aliphatic rings. The Bertz CT molecular complexity index is 1640. The van der Waals surface area contributed by atoms with Crippen molar-refractivity contribution in [3.8, 4) is 21.8 Å².